The number of amides is 2. The third-order valence-electron chi connectivity index (χ3n) is 5.14. The van der Waals surface area contributed by atoms with Gasteiger partial charge >= 0.3 is 0 Å². The van der Waals surface area contributed by atoms with Crippen molar-refractivity contribution in [3.63, 3.8) is 0 Å². The molecule has 1 heterocycles. The van der Waals surface area contributed by atoms with Gasteiger partial charge in [0.2, 0.25) is 11.8 Å². The molecule has 134 valence electrons. The molecule has 2 amide bonds. The van der Waals surface area contributed by atoms with E-state index in [1.807, 2.05) is 30.3 Å². The van der Waals surface area contributed by atoms with Crippen molar-refractivity contribution < 1.29 is 9.59 Å². The highest BCUT2D eigenvalue weighted by molar-refractivity contribution is 6.02. The Morgan fingerprint density at radius 3 is 2.56 bits per heavy atom. The van der Waals surface area contributed by atoms with Gasteiger partial charge in [-0.25, -0.2) is 5.01 Å². The molecule has 0 spiro atoms. The van der Waals surface area contributed by atoms with E-state index >= 15 is 0 Å². The summed E-state index contributed by atoms with van der Waals surface area (Å²) in [5, 5.41) is 9.02. The topological polar surface area (TPSA) is 61.8 Å². The van der Waals surface area contributed by atoms with Crippen molar-refractivity contribution in [3.8, 4) is 0 Å². The van der Waals surface area contributed by atoms with Gasteiger partial charge in [-0.05, 0) is 37.2 Å². The molecule has 1 aliphatic carbocycles. The highest BCUT2D eigenvalue weighted by Crippen LogP contribution is 2.23. The van der Waals surface area contributed by atoms with E-state index in [2.05, 4.69) is 17.3 Å². The van der Waals surface area contributed by atoms with E-state index in [0.717, 1.165) is 36.5 Å². The first-order chi connectivity index (χ1) is 12.1. The Morgan fingerprint density at radius 2 is 1.84 bits per heavy atom. The van der Waals surface area contributed by atoms with Crippen molar-refractivity contribution in [1.29, 1.82) is 0 Å². The highest BCUT2D eigenvalue weighted by Gasteiger charge is 2.23. The molecule has 0 atom stereocenters. The predicted octanol–water partition coefficient (Wildman–Crippen LogP) is 3.10. The molecule has 0 bridgehead atoms. The van der Waals surface area contributed by atoms with Crippen LogP contribution in [0.1, 0.15) is 57.4 Å². The minimum absolute atomic E-state index is 0.0145. The standard InChI is InChI=1S/C20H27N3O2/c1-15-7-9-17(10-8-15)21-19(24)11-12-20(25)23-14-13-18(22-23)16-5-3-2-4-6-16/h2-6,15,17H,7-14H2,1H3,(H,21,24). The SMILES string of the molecule is CC1CCC(NC(=O)CCC(=O)N2CCC(c3ccccc3)=N2)CC1. The summed E-state index contributed by atoms with van der Waals surface area (Å²) in [7, 11) is 0. The summed E-state index contributed by atoms with van der Waals surface area (Å²) in [6, 6.07) is 10.2. The normalized spacial score (nSPS) is 23.2. The maximum Gasteiger partial charge on any atom is 0.243 e. The Labute approximate surface area is 149 Å². The van der Waals surface area contributed by atoms with Crippen LogP contribution in [0.25, 0.3) is 0 Å². The quantitative estimate of drug-likeness (QED) is 0.894. The molecule has 5 heteroatoms. The number of nitrogens with zero attached hydrogens (tertiary/aromatic N) is 2. The summed E-state index contributed by atoms with van der Waals surface area (Å²) in [5.41, 5.74) is 2.00. The first-order valence-corrected chi connectivity index (χ1v) is 9.34. The van der Waals surface area contributed by atoms with Gasteiger partial charge in [0.15, 0.2) is 0 Å². The van der Waals surface area contributed by atoms with E-state index in [4.69, 9.17) is 0 Å². The molecular formula is C20H27N3O2. The minimum Gasteiger partial charge on any atom is -0.353 e. The number of hydrazone groups is 1. The van der Waals surface area contributed by atoms with Gasteiger partial charge in [0, 0.05) is 25.3 Å². The minimum atomic E-state index is -0.0710. The third-order valence-corrected chi connectivity index (χ3v) is 5.14. The summed E-state index contributed by atoms with van der Waals surface area (Å²) in [5.74, 6) is 0.680. The lowest BCUT2D eigenvalue weighted by Gasteiger charge is -2.26. The molecule has 25 heavy (non-hydrogen) atoms. The Morgan fingerprint density at radius 1 is 1.12 bits per heavy atom. The molecule has 1 aromatic carbocycles. The second-order valence-electron chi connectivity index (χ2n) is 7.20. The smallest absolute Gasteiger partial charge is 0.243 e. The molecule has 3 rings (SSSR count). The van der Waals surface area contributed by atoms with E-state index < -0.39 is 0 Å². The molecule has 2 aliphatic rings. The Kier molecular flexibility index (Phi) is 5.84. The van der Waals surface area contributed by atoms with E-state index in [1.165, 1.54) is 17.9 Å². The van der Waals surface area contributed by atoms with Crippen LogP contribution in [-0.2, 0) is 9.59 Å². The molecule has 1 aromatic rings. The fourth-order valence-corrected chi connectivity index (χ4v) is 3.52. The molecule has 0 aromatic heterocycles. The zero-order valence-corrected chi connectivity index (χ0v) is 14.9. The van der Waals surface area contributed by atoms with Crippen LogP contribution >= 0.6 is 0 Å². The fraction of sp³-hybridized carbons (Fsp3) is 0.550. The monoisotopic (exact) mass is 341 g/mol. The average Bonchev–Trinajstić information content (AvgIpc) is 3.13. The van der Waals surface area contributed by atoms with E-state index in [0.29, 0.717) is 6.54 Å². The Balaban J connectivity index is 1.43. The number of hydrogen-bond acceptors (Lipinski definition) is 3. The van der Waals surface area contributed by atoms with Crippen molar-refractivity contribution in [2.45, 2.75) is 57.9 Å². The van der Waals surface area contributed by atoms with Crippen LogP contribution in [0.15, 0.2) is 35.4 Å². The number of rotatable bonds is 5. The summed E-state index contributed by atoms with van der Waals surface area (Å²) < 4.78 is 0. The van der Waals surface area contributed by atoms with Gasteiger partial charge in [-0.3, -0.25) is 9.59 Å². The van der Waals surface area contributed by atoms with Crippen LogP contribution in [-0.4, -0.2) is 35.1 Å². The van der Waals surface area contributed by atoms with E-state index in [1.54, 1.807) is 0 Å². The lowest BCUT2D eigenvalue weighted by atomic mass is 9.87. The summed E-state index contributed by atoms with van der Waals surface area (Å²) >= 11 is 0. The number of nitrogens with one attached hydrogen (secondary N) is 1. The molecule has 1 fully saturated rings. The maximum atomic E-state index is 12.3. The van der Waals surface area contributed by atoms with Crippen molar-refractivity contribution in [1.82, 2.24) is 10.3 Å². The van der Waals surface area contributed by atoms with Crippen LogP contribution < -0.4 is 5.32 Å². The first kappa shape index (κ1) is 17.6. The van der Waals surface area contributed by atoms with Crippen LogP contribution in [0.5, 0.6) is 0 Å². The second-order valence-corrected chi connectivity index (χ2v) is 7.20. The van der Waals surface area contributed by atoms with Gasteiger partial charge in [0.25, 0.3) is 0 Å². The Hall–Kier alpha value is -2.17. The van der Waals surface area contributed by atoms with Gasteiger partial charge in [-0.1, -0.05) is 37.3 Å². The summed E-state index contributed by atoms with van der Waals surface area (Å²) in [6.45, 7) is 2.86. The third kappa shape index (κ3) is 4.91. The molecule has 1 saturated carbocycles. The highest BCUT2D eigenvalue weighted by atomic mass is 16.2. The largest absolute Gasteiger partial charge is 0.353 e. The zero-order valence-electron chi connectivity index (χ0n) is 14.9. The summed E-state index contributed by atoms with van der Waals surface area (Å²) in [6.07, 6.45) is 5.69. The number of benzene rings is 1. The van der Waals surface area contributed by atoms with Gasteiger partial charge in [-0.15, -0.1) is 0 Å². The molecule has 5 nitrogen and oxygen atoms in total. The van der Waals surface area contributed by atoms with Crippen LogP contribution in [0.4, 0.5) is 0 Å². The zero-order chi connectivity index (χ0) is 17.6. The fourth-order valence-electron chi connectivity index (χ4n) is 3.52. The lowest BCUT2D eigenvalue weighted by molar-refractivity contribution is -0.133. The predicted molar refractivity (Wildman–Crippen MR) is 98.1 cm³/mol. The molecule has 1 N–H and O–H groups in total. The molecule has 0 unspecified atom stereocenters. The van der Waals surface area contributed by atoms with Gasteiger partial charge < -0.3 is 5.32 Å². The van der Waals surface area contributed by atoms with E-state index in [9.17, 15) is 9.59 Å². The molecule has 0 radical (unpaired) electrons. The Bertz CT molecular complexity index is 634. The summed E-state index contributed by atoms with van der Waals surface area (Å²) in [4.78, 5) is 24.4. The molecule has 0 saturated heterocycles. The second kappa shape index (κ2) is 8.28. The number of carbonyl (C=O) groups excluding carboxylic acids is 2. The number of hydrogen-bond donors (Lipinski definition) is 1. The van der Waals surface area contributed by atoms with Gasteiger partial charge in [0.05, 0.1) is 12.3 Å². The van der Waals surface area contributed by atoms with Crippen molar-refractivity contribution in [3.05, 3.63) is 35.9 Å². The van der Waals surface area contributed by atoms with Crippen LogP contribution in [0, 0.1) is 5.92 Å². The molecular weight excluding hydrogens is 314 g/mol. The van der Waals surface area contributed by atoms with Crippen molar-refractivity contribution in [2.24, 2.45) is 11.0 Å². The van der Waals surface area contributed by atoms with Gasteiger partial charge in [0.1, 0.15) is 0 Å². The lowest BCUT2D eigenvalue weighted by Crippen LogP contribution is -2.37. The molecule has 1 aliphatic heterocycles. The van der Waals surface area contributed by atoms with Gasteiger partial charge in [-0.2, -0.15) is 5.10 Å². The average molecular weight is 341 g/mol. The van der Waals surface area contributed by atoms with Crippen LogP contribution in [0.2, 0.25) is 0 Å². The van der Waals surface area contributed by atoms with Crippen molar-refractivity contribution in [2.75, 3.05) is 6.54 Å². The first-order valence-electron chi connectivity index (χ1n) is 9.34. The van der Waals surface area contributed by atoms with E-state index in [-0.39, 0.29) is 30.7 Å². The number of carbonyl (C=O) groups is 2. The van der Waals surface area contributed by atoms with Crippen LogP contribution in [0.3, 0.4) is 0 Å². The van der Waals surface area contributed by atoms with Crippen molar-refractivity contribution >= 4 is 17.5 Å². The maximum absolute atomic E-state index is 12.3.